The third kappa shape index (κ3) is 2.16. The largest absolute Gasteiger partial charge is 0.465 e. The molecule has 0 spiro atoms. The zero-order valence-corrected chi connectivity index (χ0v) is 14.7. The summed E-state index contributed by atoms with van der Waals surface area (Å²) in [6, 6.07) is 0. The van der Waals surface area contributed by atoms with Crippen molar-refractivity contribution in [1.82, 2.24) is 0 Å². The van der Waals surface area contributed by atoms with Gasteiger partial charge >= 0.3 is 5.97 Å². The summed E-state index contributed by atoms with van der Waals surface area (Å²) in [6.07, 6.45) is 8.21. The number of rotatable bonds is 3. The number of fused-ring (bicyclic) bond motifs is 1. The van der Waals surface area contributed by atoms with Gasteiger partial charge in [0, 0.05) is 5.57 Å². The summed E-state index contributed by atoms with van der Waals surface area (Å²) in [6.45, 7) is 5.81. The van der Waals surface area contributed by atoms with Gasteiger partial charge in [-0.3, -0.25) is 9.59 Å². The Kier molecular flexibility index (Phi) is 4.28. The van der Waals surface area contributed by atoms with Crippen molar-refractivity contribution in [3.63, 3.8) is 0 Å². The van der Waals surface area contributed by atoms with E-state index in [2.05, 4.69) is 6.08 Å². The predicted molar refractivity (Wildman–Crippen MR) is 91.2 cm³/mol. The number of hydrogen-bond acceptors (Lipinski definition) is 4. The second kappa shape index (κ2) is 5.99. The molecule has 3 aliphatic carbocycles. The number of Topliss-reactive ketones (excluding diaryl/α,β-unsaturated/α-hetero) is 1. The van der Waals surface area contributed by atoms with Crippen molar-refractivity contribution in [3.8, 4) is 0 Å². The first kappa shape index (κ1) is 17.2. The molecule has 24 heavy (non-hydrogen) atoms. The van der Waals surface area contributed by atoms with Gasteiger partial charge in [-0.05, 0) is 51.5 Å². The second-order valence-electron chi connectivity index (χ2n) is 7.18. The van der Waals surface area contributed by atoms with Crippen LogP contribution in [0.4, 0.5) is 0 Å². The van der Waals surface area contributed by atoms with Gasteiger partial charge in [-0.2, -0.15) is 0 Å². The van der Waals surface area contributed by atoms with Gasteiger partial charge in [-0.1, -0.05) is 30.7 Å². The Labute approximate surface area is 143 Å². The lowest BCUT2D eigenvalue weighted by Gasteiger charge is -2.40. The fraction of sp³-hybridized carbons (Fsp3) is 0.600. The minimum absolute atomic E-state index is 0.00273. The lowest BCUT2D eigenvalue weighted by molar-refractivity contribution is -0.159. The Morgan fingerprint density at radius 1 is 1.38 bits per heavy atom. The molecule has 3 rings (SSSR count). The molecular weight excluding hydrogens is 304 g/mol. The van der Waals surface area contributed by atoms with Gasteiger partial charge in [-0.25, -0.2) is 0 Å². The van der Waals surface area contributed by atoms with E-state index in [-0.39, 0.29) is 12.4 Å². The summed E-state index contributed by atoms with van der Waals surface area (Å²) in [5, 5.41) is 10.7. The molecule has 0 heterocycles. The van der Waals surface area contributed by atoms with Crippen LogP contribution in [0.3, 0.4) is 0 Å². The van der Waals surface area contributed by atoms with E-state index in [1.54, 1.807) is 13.0 Å². The van der Waals surface area contributed by atoms with Crippen molar-refractivity contribution in [2.45, 2.75) is 59.0 Å². The highest BCUT2D eigenvalue weighted by Crippen LogP contribution is 2.53. The summed E-state index contributed by atoms with van der Waals surface area (Å²) in [4.78, 5) is 26.4. The van der Waals surface area contributed by atoms with Gasteiger partial charge in [0.15, 0.2) is 5.78 Å². The molecule has 4 nitrogen and oxygen atoms in total. The van der Waals surface area contributed by atoms with Crippen LogP contribution in [0.15, 0.2) is 34.9 Å². The van der Waals surface area contributed by atoms with Crippen molar-refractivity contribution >= 4 is 11.8 Å². The van der Waals surface area contributed by atoms with Crippen molar-refractivity contribution < 1.29 is 19.4 Å². The van der Waals surface area contributed by atoms with E-state index in [0.717, 1.165) is 31.3 Å². The summed E-state index contributed by atoms with van der Waals surface area (Å²) < 4.78 is 5.29. The first-order valence-corrected chi connectivity index (χ1v) is 8.93. The number of allylic oxidation sites excluding steroid dienone is 4. The summed E-state index contributed by atoms with van der Waals surface area (Å²) >= 11 is 0. The Balaban J connectivity index is 2.18. The average Bonchev–Trinajstić information content (AvgIpc) is 2.90. The number of esters is 1. The van der Waals surface area contributed by atoms with Crippen LogP contribution in [0.5, 0.6) is 0 Å². The molecular formula is C20H26O4. The van der Waals surface area contributed by atoms with Gasteiger partial charge in [0.2, 0.25) is 0 Å². The Bertz CT molecular complexity index is 669. The zero-order valence-electron chi connectivity index (χ0n) is 14.7. The Morgan fingerprint density at radius 2 is 2.12 bits per heavy atom. The lowest BCUT2D eigenvalue weighted by atomic mass is 9.63. The van der Waals surface area contributed by atoms with Crippen LogP contribution < -0.4 is 0 Å². The minimum atomic E-state index is -1.28. The molecule has 0 saturated carbocycles. The van der Waals surface area contributed by atoms with Crippen molar-refractivity contribution in [2.24, 2.45) is 10.8 Å². The van der Waals surface area contributed by atoms with E-state index in [1.807, 2.05) is 19.9 Å². The van der Waals surface area contributed by atoms with Crippen LogP contribution in [0.1, 0.15) is 52.9 Å². The molecule has 0 amide bonds. The average molecular weight is 330 g/mol. The molecule has 0 fully saturated rings. The fourth-order valence-electron chi connectivity index (χ4n) is 4.56. The van der Waals surface area contributed by atoms with Gasteiger partial charge in [0.05, 0.1) is 18.1 Å². The lowest BCUT2D eigenvalue weighted by Crippen LogP contribution is -2.49. The van der Waals surface area contributed by atoms with Crippen molar-refractivity contribution in [1.29, 1.82) is 0 Å². The minimum Gasteiger partial charge on any atom is -0.465 e. The fourth-order valence-corrected chi connectivity index (χ4v) is 4.56. The van der Waals surface area contributed by atoms with Crippen LogP contribution in [0, 0.1) is 10.8 Å². The van der Waals surface area contributed by atoms with E-state index < -0.39 is 22.9 Å². The number of carbonyl (C=O) groups excluding carboxylic acids is 2. The Morgan fingerprint density at radius 3 is 2.79 bits per heavy atom. The predicted octanol–water partition coefficient (Wildman–Crippen LogP) is 3.26. The second-order valence-corrected chi connectivity index (χ2v) is 7.18. The maximum atomic E-state index is 13.6. The third-order valence-electron chi connectivity index (χ3n) is 6.08. The summed E-state index contributed by atoms with van der Waals surface area (Å²) in [5.41, 5.74) is 0.731. The maximum absolute atomic E-state index is 13.6. The Hall–Kier alpha value is -1.68. The van der Waals surface area contributed by atoms with Crippen LogP contribution in [-0.4, -0.2) is 29.6 Å². The molecule has 130 valence electrons. The topological polar surface area (TPSA) is 63.6 Å². The number of hydrogen-bond donors (Lipinski definition) is 1. The standard InChI is InChI=1S/C20H26O4/c1-4-20(18(23)24-5-2)15(21)11-9-13-8-10-14-7-6-12-19(14,3)17(22)16(13)20/h7,9,11,15,21H,4-6,8,10,12H2,1-3H3/t15-,19+,20+/m0/s1. The molecule has 0 aliphatic heterocycles. The molecule has 1 N–H and O–H groups in total. The number of carbonyl (C=O) groups is 2. The molecule has 0 bridgehead atoms. The van der Waals surface area contributed by atoms with Crippen LogP contribution in [-0.2, 0) is 14.3 Å². The van der Waals surface area contributed by atoms with Crippen LogP contribution in [0.2, 0.25) is 0 Å². The van der Waals surface area contributed by atoms with Crippen LogP contribution >= 0.6 is 0 Å². The van der Waals surface area contributed by atoms with E-state index >= 15 is 0 Å². The molecule has 4 heteroatoms. The first-order valence-electron chi connectivity index (χ1n) is 8.93. The number of aliphatic hydroxyl groups excluding tert-OH is 1. The SMILES string of the molecule is CCOC(=O)[C@@]1(CC)C2=C(C=C[C@@H]1O)CCC1=CCC[C@@]1(C)C2=O. The number of ketones is 1. The maximum Gasteiger partial charge on any atom is 0.319 e. The van der Waals surface area contributed by atoms with Crippen molar-refractivity contribution in [2.75, 3.05) is 6.61 Å². The molecule has 0 radical (unpaired) electrons. The van der Waals surface area contributed by atoms with Gasteiger partial charge in [-0.15, -0.1) is 0 Å². The monoisotopic (exact) mass is 330 g/mol. The quantitative estimate of drug-likeness (QED) is 0.637. The highest BCUT2D eigenvalue weighted by molar-refractivity contribution is 6.09. The summed E-state index contributed by atoms with van der Waals surface area (Å²) in [5.74, 6) is -0.490. The highest BCUT2D eigenvalue weighted by Gasteiger charge is 2.56. The zero-order chi connectivity index (χ0) is 17.5. The smallest absolute Gasteiger partial charge is 0.319 e. The van der Waals surface area contributed by atoms with Gasteiger partial charge in [0.25, 0.3) is 0 Å². The van der Waals surface area contributed by atoms with Crippen LogP contribution in [0.25, 0.3) is 0 Å². The van der Waals surface area contributed by atoms with E-state index in [0.29, 0.717) is 12.0 Å². The van der Waals surface area contributed by atoms with E-state index in [9.17, 15) is 14.7 Å². The first-order chi connectivity index (χ1) is 11.4. The molecule has 0 aromatic rings. The molecule has 0 saturated heterocycles. The molecule has 0 aromatic carbocycles. The number of ether oxygens (including phenoxy) is 1. The molecule has 3 aliphatic rings. The molecule has 0 unspecified atom stereocenters. The summed E-state index contributed by atoms with van der Waals surface area (Å²) in [7, 11) is 0. The highest BCUT2D eigenvalue weighted by atomic mass is 16.5. The van der Waals surface area contributed by atoms with Crippen molar-refractivity contribution in [3.05, 3.63) is 34.9 Å². The normalized spacial score (nSPS) is 35.2. The van der Waals surface area contributed by atoms with E-state index in [1.165, 1.54) is 5.57 Å². The van der Waals surface area contributed by atoms with E-state index in [4.69, 9.17) is 4.74 Å². The van der Waals surface area contributed by atoms with Gasteiger partial charge < -0.3 is 9.84 Å². The number of aliphatic hydroxyl groups is 1. The van der Waals surface area contributed by atoms with Gasteiger partial charge in [0.1, 0.15) is 5.41 Å². The molecule has 3 atom stereocenters. The third-order valence-corrected chi connectivity index (χ3v) is 6.08. The molecule has 0 aromatic heterocycles.